The van der Waals surface area contributed by atoms with Gasteiger partial charge in [0, 0.05) is 49.6 Å². The number of hydrogen-bond acceptors (Lipinski definition) is 3. The number of Topliss-reactive ketones (excluding diaryl/α,β-unsaturated/α-hetero) is 1. The third kappa shape index (κ3) is 1.97. The molecule has 20 heavy (non-hydrogen) atoms. The Hall–Kier alpha value is -1.61. The van der Waals surface area contributed by atoms with E-state index >= 15 is 0 Å². The smallest absolute Gasteiger partial charge is 0.190 e. The van der Waals surface area contributed by atoms with E-state index in [-0.39, 0.29) is 5.78 Å². The molecule has 0 N–H and O–H groups in total. The summed E-state index contributed by atoms with van der Waals surface area (Å²) in [5.74, 6) is 0.243. The average Bonchev–Trinajstić information content (AvgIpc) is 2.87. The minimum Gasteiger partial charge on any atom is -0.371 e. The fourth-order valence-electron chi connectivity index (χ4n) is 3.73. The van der Waals surface area contributed by atoms with Gasteiger partial charge in [-0.15, -0.1) is 0 Å². The van der Waals surface area contributed by atoms with Crippen LogP contribution in [0.25, 0.3) is 0 Å². The highest BCUT2D eigenvalue weighted by molar-refractivity contribution is 6.10. The molecule has 1 aromatic rings. The Morgan fingerprint density at radius 3 is 2.95 bits per heavy atom. The third-order valence-electron chi connectivity index (χ3n) is 4.93. The van der Waals surface area contributed by atoms with E-state index in [1.807, 2.05) is 18.2 Å². The summed E-state index contributed by atoms with van der Waals surface area (Å²) in [7, 11) is 0. The predicted octanol–water partition coefficient (Wildman–Crippen LogP) is 2.09. The molecule has 2 fully saturated rings. The van der Waals surface area contributed by atoms with Crippen molar-refractivity contribution < 1.29 is 4.79 Å². The molecule has 2 heterocycles. The monoisotopic (exact) mass is 268 g/mol. The summed E-state index contributed by atoms with van der Waals surface area (Å²) in [5, 5.41) is 0. The molecule has 2 bridgehead atoms. The molecule has 0 aromatic heterocycles. The molecule has 3 heteroatoms. The Balaban J connectivity index is 1.60. The van der Waals surface area contributed by atoms with Crippen molar-refractivity contribution >= 4 is 5.78 Å². The van der Waals surface area contributed by atoms with Crippen LogP contribution in [0.3, 0.4) is 0 Å². The van der Waals surface area contributed by atoms with Crippen molar-refractivity contribution in [2.75, 3.05) is 26.2 Å². The van der Waals surface area contributed by atoms with Crippen molar-refractivity contribution in [1.29, 1.82) is 0 Å². The SMILES string of the molecule is O=C1/C(=C/N2CCN3CCC2C3)CCc2ccccc21. The van der Waals surface area contributed by atoms with Gasteiger partial charge in [0.2, 0.25) is 0 Å². The van der Waals surface area contributed by atoms with Crippen molar-refractivity contribution in [2.45, 2.75) is 25.3 Å². The van der Waals surface area contributed by atoms with Crippen LogP contribution in [-0.2, 0) is 6.42 Å². The van der Waals surface area contributed by atoms with E-state index in [1.54, 1.807) is 0 Å². The van der Waals surface area contributed by atoms with Crippen molar-refractivity contribution in [3.8, 4) is 0 Å². The highest BCUT2D eigenvalue weighted by atomic mass is 16.1. The number of allylic oxidation sites excluding steroid dienone is 1. The van der Waals surface area contributed by atoms with Crippen LogP contribution in [0.1, 0.15) is 28.8 Å². The minimum absolute atomic E-state index is 0.243. The molecule has 3 nitrogen and oxygen atoms in total. The molecule has 0 spiro atoms. The number of piperazine rings is 1. The topological polar surface area (TPSA) is 23.6 Å². The van der Waals surface area contributed by atoms with Gasteiger partial charge in [-0.25, -0.2) is 0 Å². The van der Waals surface area contributed by atoms with Crippen LogP contribution >= 0.6 is 0 Å². The number of hydrogen-bond donors (Lipinski definition) is 0. The second kappa shape index (κ2) is 4.74. The summed E-state index contributed by atoms with van der Waals surface area (Å²) >= 11 is 0. The van der Waals surface area contributed by atoms with Crippen molar-refractivity contribution in [3.63, 3.8) is 0 Å². The Bertz CT molecular complexity index is 578. The molecule has 0 saturated carbocycles. The zero-order chi connectivity index (χ0) is 13.5. The van der Waals surface area contributed by atoms with Gasteiger partial charge in [0.15, 0.2) is 5.78 Å². The summed E-state index contributed by atoms with van der Waals surface area (Å²) < 4.78 is 0. The fourth-order valence-corrected chi connectivity index (χ4v) is 3.73. The normalized spacial score (nSPS) is 30.7. The van der Waals surface area contributed by atoms with E-state index < -0.39 is 0 Å². The van der Waals surface area contributed by atoms with E-state index in [4.69, 9.17) is 0 Å². The summed E-state index contributed by atoms with van der Waals surface area (Å²) in [4.78, 5) is 17.5. The van der Waals surface area contributed by atoms with Gasteiger partial charge < -0.3 is 4.90 Å². The summed E-state index contributed by atoms with van der Waals surface area (Å²) in [6.45, 7) is 4.61. The number of ketones is 1. The first-order chi connectivity index (χ1) is 9.81. The largest absolute Gasteiger partial charge is 0.371 e. The van der Waals surface area contributed by atoms with E-state index in [2.05, 4.69) is 22.1 Å². The molecule has 1 aliphatic carbocycles. The fraction of sp³-hybridized carbons (Fsp3) is 0.471. The number of rotatable bonds is 1. The average molecular weight is 268 g/mol. The Labute approximate surface area is 119 Å². The summed E-state index contributed by atoms with van der Waals surface area (Å²) in [6.07, 6.45) is 5.31. The Kier molecular flexibility index (Phi) is 2.88. The summed E-state index contributed by atoms with van der Waals surface area (Å²) in [5.41, 5.74) is 3.12. The number of carbonyl (C=O) groups is 1. The predicted molar refractivity (Wildman–Crippen MR) is 78.7 cm³/mol. The zero-order valence-electron chi connectivity index (χ0n) is 11.7. The molecular formula is C17H20N2O. The van der Waals surface area contributed by atoms with Crippen molar-refractivity contribution in [2.24, 2.45) is 0 Å². The maximum atomic E-state index is 12.6. The van der Waals surface area contributed by atoms with Gasteiger partial charge in [-0.2, -0.15) is 0 Å². The molecular weight excluding hydrogens is 248 g/mol. The quantitative estimate of drug-likeness (QED) is 0.729. The van der Waals surface area contributed by atoms with Crippen LogP contribution < -0.4 is 0 Å². The Morgan fingerprint density at radius 2 is 2.00 bits per heavy atom. The molecule has 1 aromatic carbocycles. The van der Waals surface area contributed by atoms with Gasteiger partial charge in [-0.3, -0.25) is 9.69 Å². The number of fused-ring (bicyclic) bond motifs is 3. The van der Waals surface area contributed by atoms with Gasteiger partial charge in [0.05, 0.1) is 0 Å². The van der Waals surface area contributed by atoms with E-state index in [1.165, 1.54) is 25.1 Å². The van der Waals surface area contributed by atoms with Gasteiger partial charge in [-0.1, -0.05) is 24.3 Å². The van der Waals surface area contributed by atoms with Crippen molar-refractivity contribution in [3.05, 3.63) is 47.2 Å². The lowest BCUT2D eigenvalue weighted by molar-refractivity contribution is 0.102. The van der Waals surface area contributed by atoms with Crippen LogP contribution in [0.5, 0.6) is 0 Å². The highest BCUT2D eigenvalue weighted by Gasteiger charge is 2.32. The van der Waals surface area contributed by atoms with Gasteiger partial charge in [-0.05, 0) is 24.8 Å². The van der Waals surface area contributed by atoms with Crippen molar-refractivity contribution in [1.82, 2.24) is 9.80 Å². The second-order valence-corrected chi connectivity index (χ2v) is 6.12. The Morgan fingerprint density at radius 1 is 1.10 bits per heavy atom. The van der Waals surface area contributed by atoms with E-state index in [9.17, 15) is 4.79 Å². The number of benzene rings is 1. The van der Waals surface area contributed by atoms with Gasteiger partial charge in [0.1, 0.15) is 0 Å². The number of aryl methyl sites for hydroxylation is 1. The van der Waals surface area contributed by atoms with E-state index in [0.717, 1.165) is 37.1 Å². The molecule has 4 rings (SSSR count). The molecule has 0 radical (unpaired) electrons. The molecule has 2 aliphatic heterocycles. The van der Waals surface area contributed by atoms with Crippen LogP contribution in [0.2, 0.25) is 0 Å². The molecule has 2 saturated heterocycles. The van der Waals surface area contributed by atoms with Crippen LogP contribution in [0.15, 0.2) is 36.0 Å². The maximum absolute atomic E-state index is 12.6. The first kappa shape index (κ1) is 12.2. The molecule has 3 aliphatic rings. The van der Waals surface area contributed by atoms with Crippen LogP contribution in [-0.4, -0.2) is 47.8 Å². The lowest BCUT2D eigenvalue weighted by atomic mass is 9.87. The lowest BCUT2D eigenvalue weighted by Gasteiger charge is -2.34. The van der Waals surface area contributed by atoms with Crippen LogP contribution in [0, 0.1) is 0 Å². The minimum atomic E-state index is 0.243. The number of carbonyl (C=O) groups excluding carboxylic acids is 1. The molecule has 104 valence electrons. The number of nitrogens with zero attached hydrogens (tertiary/aromatic N) is 2. The van der Waals surface area contributed by atoms with Crippen LogP contribution in [0.4, 0.5) is 0 Å². The first-order valence-corrected chi connectivity index (χ1v) is 7.63. The summed E-state index contributed by atoms with van der Waals surface area (Å²) in [6, 6.07) is 8.67. The standard InChI is InChI=1S/C17H20N2O/c20-17-14(6-5-13-3-1-2-4-16(13)17)11-19-10-9-18-8-7-15(19)12-18/h1-4,11,15H,5-10,12H2/b14-11+. The lowest BCUT2D eigenvalue weighted by Crippen LogP contribution is -2.44. The van der Waals surface area contributed by atoms with E-state index in [0.29, 0.717) is 6.04 Å². The first-order valence-electron chi connectivity index (χ1n) is 7.63. The molecule has 0 amide bonds. The second-order valence-electron chi connectivity index (χ2n) is 6.12. The molecule has 2 unspecified atom stereocenters. The zero-order valence-corrected chi connectivity index (χ0v) is 11.7. The maximum Gasteiger partial charge on any atom is 0.190 e. The molecule has 2 atom stereocenters. The third-order valence-corrected chi connectivity index (χ3v) is 4.93. The van der Waals surface area contributed by atoms with Gasteiger partial charge in [0.25, 0.3) is 0 Å². The highest BCUT2D eigenvalue weighted by Crippen LogP contribution is 2.27. The van der Waals surface area contributed by atoms with Gasteiger partial charge >= 0.3 is 0 Å².